The van der Waals surface area contributed by atoms with Crippen LogP contribution in [0, 0.1) is 0 Å². The summed E-state index contributed by atoms with van der Waals surface area (Å²) in [6, 6.07) is 11.9. The van der Waals surface area contributed by atoms with E-state index in [1.165, 1.54) is 12.1 Å². The molecule has 1 heterocycles. The highest BCUT2D eigenvalue weighted by atomic mass is 79.9. The van der Waals surface area contributed by atoms with E-state index in [-0.39, 0.29) is 16.7 Å². The third-order valence-corrected chi connectivity index (χ3v) is 4.24. The summed E-state index contributed by atoms with van der Waals surface area (Å²) in [5.74, 6) is 0.687. The number of nitrogens with zero attached hydrogens (tertiary/aromatic N) is 1. The fraction of sp³-hybridized carbons (Fsp3) is 0.0625. The molecule has 2 aromatic carbocycles. The molecule has 118 valence electrons. The molecule has 0 unspecified atom stereocenters. The second-order valence-corrected chi connectivity index (χ2v) is 6.79. The first-order valence-corrected chi connectivity index (χ1v) is 8.19. The molecule has 2 nitrogen and oxygen atoms in total. The first kappa shape index (κ1) is 16.1. The third-order valence-electron chi connectivity index (χ3n) is 3.01. The molecule has 0 atom stereocenters. The lowest BCUT2D eigenvalue weighted by molar-refractivity contribution is -0.0328. The number of alkyl halides is 3. The molecule has 0 amide bonds. The fourth-order valence-electron chi connectivity index (χ4n) is 2.03. The van der Waals surface area contributed by atoms with E-state index in [0.29, 0.717) is 5.82 Å². The minimum atomic E-state index is -4.26. The van der Waals surface area contributed by atoms with Crippen molar-refractivity contribution in [3.63, 3.8) is 0 Å². The zero-order valence-electron chi connectivity index (χ0n) is 11.6. The normalized spacial score (nSPS) is 12.3. The lowest BCUT2D eigenvalue weighted by Gasteiger charge is -2.05. The van der Waals surface area contributed by atoms with Crippen LogP contribution < -0.4 is 0 Å². The van der Waals surface area contributed by atoms with Gasteiger partial charge in [0.25, 0.3) is 0 Å². The van der Waals surface area contributed by atoms with Crippen molar-refractivity contribution < 1.29 is 13.2 Å². The number of aromatic nitrogens is 2. The molecule has 0 spiro atoms. The Balaban J connectivity index is 1.76. The highest BCUT2D eigenvalue weighted by Crippen LogP contribution is 2.36. The minimum Gasteiger partial charge on any atom is -0.338 e. The number of benzene rings is 2. The maximum absolute atomic E-state index is 12.3. The van der Waals surface area contributed by atoms with Gasteiger partial charge in [-0.2, -0.15) is 13.2 Å². The van der Waals surface area contributed by atoms with E-state index in [1.807, 2.05) is 18.2 Å². The number of imidazole rings is 1. The molecular formula is C16H10BrF3N2S. The summed E-state index contributed by atoms with van der Waals surface area (Å²) in [5.41, 5.74) is -1.70. The van der Waals surface area contributed by atoms with Gasteiger partial charge in [-0.1, -0.05) is 34.1 Å². The first-order valence-electron chi connectivity index (χ1n) is 6.58. The van der Waals surface area contributed by atoms with Gasteiger partial charge in [0.15, 0.2) is 0 Å². The SMILES string of the molecule is FC(F)(F)Sc1ccc(/C=C/c2nc3cc(Br)ccc3[nH]2)cc1. The summed E-state index contributed by atoms with van der Waals surface area (Å²) in [6.07, 6.45) is 3.59. The average Bonchev–Trinajstić information content (AvgIpc) is 2.87. The van der Waals surface area contributed by atoms with Gasteiger partial charge in [0.05, 0.1) is 11.0 Å². The number of hydrogen-bond donors (Lipinski definition) is 1. The van der Waals surface area contributed by atoms with Crippen molar-refractivity contribution in [1.82, 2.24) is 9.97 Å². The highest BCUT2D eigenvalue weighted by molar-refractivity contribution is 9.10. The number of halogens is 4. The Labute approximate surface area is 142 Å². The average molecular weight is 399 g/mol. The van der Waals surface area contributed by atoms with Crippen molar-refractivity contribution in [3.8, 4) is 0 Å². The number of hydrogen-bond acceptors (Lipinski definition) is 2. The number of rotatable bonds is 3. The van der Waals surface area contributed by atoms with Gasteiger partial charge in [0, 0.05) is 9.37 Å². The van der Waals surface area contributed by atoms with E-state index in [1.54, 1.807) is 24.3 Å². The van der Waals surface area contributed by atoms with Gasteiger partial charge in [-0.3, -0.25) is 0 Å². The Morgan fingerprint density at radius 2 is 1.78 bits per heavy atom. The summed E-state index contributed by atoms with van der Waals surface area (Å²) >= 11 is 3.27. The minimum absolute atomic E-state index is 0.119. The summed E-state index contributed by atoms with van der Waals surface area (Å²) in [4.78, 5) is 7.76. The molecular weight excluding hydrogens is 389 g/mol. The predicted molar refractivity (Wildman–Crippen MR) is 91.1 cm³/mol. The van der Waals surface area contributed by atoms with Gasteiger partial charge in [-0.25, -0.2) is 4.98 Å². The molecule has 7 heteroatoms. The first-order chi connectivity index (χ1) is 10.9. The molecule has 0 radical (unpaired) electrons. The van der Waals surface area contributed by atoms with Crippen LogP contribution in [0.5, 0.6) is 0 Å². The molecule has 1 aromatic heterocycles. The summed E-state index contributed by atoms with van der Waals surface area (Å²) < 4.78 is 37.8. The zero-order valence-corrected chi connectivity index (χ0v) is 14.0. The van der Waals surface area contributed by atoms with Crippen LogP contribution in [0.1, 0.15) is 11.4 Å². The second kappa shape index (κ2) is 6.41. The second-order valence-electron chi connectivity index (χ2n) is 4.73. The molecule has 0 fully saturated rings. The molecule has 23 heavy (non-hydrogen) atoms. The number of H-pyrrole nitrogens is 1. The Kier molecular flexibility index (Phi) is 4.50. The number of nitrogens with one attached hydrogen (secondary N) is 1. The number of aromatic amines is 1. The van der Waals surface area contributed by atoms with Crippen molar-refractivity contribution in [2.24, 2.45) is 0 Å². The monoisotopic (exact) mass is 398 g/mol. The van der Waals surface area contributed by atoms with Gasteiger partial charge in [0.1, 0.15) is 5.82 Å². The lowest BCUT2D eigenvalue weighted by Crippen LogP contribution is -1.98. The van der Waals surface area contributed by atoms with E-state index in [0.717, 1.165) is 21.1 Å². The van der Waals surface area contributed by atoms with E-state index < -0.39 is 5.51 Å². The topological polar surface area (TPSA) is 28.7 Å². The van der Waals surface area contributed by atoms with Gasteiger partial charge in [0.2, 0.25) is 0 Å². The number of fused-ring (bicyclic) bond motifs is 1. The van der Waals surface area contributed by atoms with Crippen LogP contribution in [-0.4, -0.2) is 15.5 Å². The van der Waals surface area contributed by atoms with Gasteiger partial charge in [-0.05, 0) is 53.7 Å². The van der Waals surface area contributed by atoms with Crippen molar-refractivity contribution in [2.45, 2.75) is 10.4 Å². The third kappa shape index (κ3) is 4.39. The molecule has 3 aromatic rings. The quantitative estimate of drug-likeness (QED) is 0.539. The molecule has 0 bridgehead atoms. The van der Waals surface area contributed by atoms with Gasteiger partial charge >= 0.3 is 5.51 Å². The summed E-state index contributed by atoms with van der Waals surface area (Å²) in [7, 11) is 0. The van der Waals surface area contributed by atoms with Crippen LogP contribution in [0.25, 0.3) is 23.2 Å². The largest absolute Gasteiger partial charge is 0.446 e. The van der Waals surface area contributed by atoms with Crippen LogP contribution in [0.2, 0.25) is 0 Å². The smallest absolute Gasteiger partial charge is 0.338 e. The molecule has 1 N–H and O–H groups in total. The Morgan fingerprint density at radius 3 is 2.48 bits per heavy atom. The van der Waals surface area contributed by atoms with Gasteiger partial charge in [-0.15, -0.1) is 0 Å². The number of thioether (sulfide) groups is 1. The standard InChI is InChI=1S/C16H10BrF3N2S/c17-11-4-7-13-14(9-11)22-15(21-13)8-3-10-1-5-12(6-2-10)23-16(18,19)20/h1-9H,(H,21,22)/b8-3+. The van der Waals surface area contributed by atoms with Crippen LogP contribution in [0.4, 0.5) is 13.2 Å². The molecule has 0 aliphatic heterocycles. The Bertz CT molecular complexity index is 854. The lowest BCUT2D eigenvalue weighted by atomic mass is 10.2. The molecule has 0 saturated carbocycles. The molecule has 3 rings (SSSR count). The Morgan fingerprint density at radius 1 is 1.04 bits per heavy atom. The van der Waals surface area contributed by atoms with Crippen LogP contribution in [0.3, 0.4) is 0 Å². The molecule has 0 aliphatic rings. The van der Waals surface area contributed by atoms with Crippen molar-refractivity contribution in [1.29, 1.82) is 0 Å². The molecule has 0 aliphatic carbocycles. The van der Waals surface area contributed by atoms with Crippen molar-refractivity contribution in [2.75, 3.05) is 0 Å². The highest BCUT2D eigenvalue weighted by Gasteiger charge is 2.28. The summed E-state index contributed by atoms with van der Waals surface area (Å²) in [5, 5.41) is 0. The van der Waals surface area contributed by atoms with Crippen LogP contribution in [-0.2, 0) is 0 Å². The fourth-order valence-corrected chi connectivity index (χ4v) is 2.92. The maximum atomic E-state index is 12.3. The van der Waals surface area contributed by atoms with E-state index in [9.17, 15) is 13.2 Å². The van der Waals surface area contributed by atoms with Crippen LogP contribution in [0.15, 0.2) is 51.8 Å². The zero-order chi connectivity index (χ0) is 16.4. The predicted octanol–water partition coefficient (Wildman–Crippen LogP) is 6.11. The maximum Gasteiger partial charge on any atom is 0.446 e. The van der Waals surface area contributed by atoms with E-state index >= 15 is 0 Å². The van der Waals surface area contributed by atoms with E-state index in [2.05, 4.69) is 25.9 Å². The van der Waals surface area contributed by atoms with E-state index in [4.69, 9.17) is 0 Å². The van der Waals surface area contributed by atoms with Crippen molar-refractivity contribution in [3.05, 3.63) is 58.3 Å². The van der Waals surface area contributed by atoms with Crippen molar-refractivity contribution >= 4 is 50.9 Å². The Hall–Kier alpha value is -1.73. The summed E-state index contributed by atoms with van der Waals surface area (Å²) in [6.45, 7) is 0. The molecule has 0 saturated heterocycles. The van der Waals surface area contributed by atoms with Gasteiger partial charge < -0.3 is 4.98 Å². The van der Waals surface area contributed by atoms with Crippen LogP contribution >= 0.6 is 27.7 Å².